The second-order valence-electron chi connectivity index (χ2n) is 8.33. The molecule has 1 amide bonds. The first-order chi connectivity index (χ1) is 18.1. The summed E-state index contributed by atoms with van der Waals surface area (Å²) in [6.07, 6.45) is 1.46. The molecule has 4 rings (SSSR count). The fourth-order valence-electron chi connectivity index (χ4n) is 3.94. The summed E-state index contributed by atoms with van der Waals surface area (Å²) in [6.45, 7) is 3.20. The van der Waals surface area contributed by atoms with Crippen molar-refractivity contribution in [2.45, 2.75) is 18.7 Å². The highest BCUT2D eigenvalue weighted by Gasteiger charge is 2.27. The first-order valence-electron chi connectivity index (χ1n) is 11.4. The third-order valence-electron chi connectivity index (χ3n) is 5.77. The van der Waals surface area contributed by atoms with Gasteiger partial charge in [-0.15, -0.1) is 0 Å². The molecule has 0 bridgehead atoms. The van der Waals surface area contributed by atoms with Crippen molar-refractivity contribution in [1.29, 1.82) is 0 Å². The molecule has 4 aromatic rings. The second-order valence-corrected chi connectivity index (χ2v) is 11.0. The maximum absolute atomic E-state index is 13.5. The van der Waals surface area contributed by atoms with Crippen LogP contribution in [0.1, 0.15) is 17.0 Å². The smallest absolute Gasteiger partial charge is 0.264 e. The Morgan fingerprint density at radius 2 is 1.71 bits per heavy atom. The molecular weight excluding hydrogens is 550 g/mol. The number of amides is 1. The Bertz CT molecular complexity index is 1610. The summed E-state index contributed by atoms with van der Waals surface area (Å²) in [5, 5.41) is 4.86. The number of nitrogens with one attached hydrogen (secondary N) is 1. The molecule has 38 heavy (non-hydrogen) atoms. The lowest BCUT2D eigenvalue weighted by molar-refractivity contribution is -0.119. The van der Waals surface area contributed by atoms with E-state index in [0.717, 1.165) is 27.8 Å². The van der Waals surface area contributed by atoms with E-state index in [-0.39, 0.29) is 10.6 Å². The molecule has 11 heteroatoms. The van der Waals surface area contributed by atoms with Gasteiger partial charge in [0.2, 0.25) is 0 Å². The van der Waals surface area contributed by atoms with Gasteiger partial charge >= 0.3 is 0 Å². The third kappa shape index (κ3) is 5.75. The van der Waals surface area contributed by atoms with Crippen molar-refractivity contribution in [1.82, 2.24) is 9.99 Å². The molecule has 0 radical (unpaired) electrons. The van der Waals surface area contributed by atoms with Crippen molar-refractivity contribution in [3.8, 4) is 5.69 Å². The zero-order chi connectivity index (χ0) is 27.4. The van der Waals surface area contributed by atoms with Crippen LogP contribution in [0.2, 0.25) is 10.0 Å². The molecule has 0 atom stereocenters. The Kier molecular flexibility index (Phi) is 8.20. The van der Waals surface area contributed by atoms with E-state index in [4.69, 9.17) is 23.2 Å². The molecule has 1 aromatic heterocycles. The quantitative estimate of drug-likeness (QED) is 0.211. The summed E-state index contributed by atoms with van der Waals surface area (Å²) in [4.78, 5) is 12.8. The van der Waals surface area contributed by atoms with Crippen LogP contribution in [0, 0.1) is 19.7 Å². The zero-order valence-electron chi connectivity index (χ0n) is 20.4. The number of carbonyl (C=O) groups excluding carboxylic acids is 1. The molecule has 0 aliphatic carbocycles. The molecule has 0 unspecified atom stereocenters. The van der Waals surface area contributed by atoms with E-state index in [1.165, 1.54) is 30.5 Å². The Hall–Kier alpha value is -3.66. The lowest BCUT2D eigenvalue weighted by atomic mass is 10.2. The number of aryl methyl sites for hydroxylation is 1. The van der Waals surface area contributed by atoms with Gasteiger partial charge in [-0.3, -0.25) is 9.10 Å². The molecule has 7 nitrogen and oxygen atoms in total. The number of carbonyl (C=O) groups is 1. The van der Waals surface area contributed by atoms with Gasteiger partial charge < -0.3 is 4.57 Å². The van der Waals surface area contributed by atoms with Crippen LogP contribution in [-0.2, 0) is 14.8 Å². The molecule has 0 spiro atoms. The molecule has 1 heterocycles. The van der Waals surface area contributed by atoms with Crippen LogP contribution < -0.4 is 9.73 Å². The van der Waals surface area contributed by atoms with Gasteiger partial charge in [-0.1, -0.05) is 47.5 Å². The number of hydrogen-bond acceptors (Lipinski definition) is 4. The van der Waals surface area contributed by atoms with E-state index in [2.05, 4.69) is 10.5 Å². The average molecular weight is 573 g/mol. The van der Waals surface area contributed by atoms with Gasteiger partial charge in [-0.05, 0) is 68.4 Å². The summed E-state index contributed by atoms with van der Waals surface area (Å²) in [7, 11) is -4.11. The van der Waals surface area contributed by atoms with Crippen LogP contribution in [0.4, 0.5) is 10.1 Å². The topological polar surface area (TPSA) is 83.8 Å². The van der Waals surface area contributed by atoms with Crippen LogP contribution in [0.15, 0.2) is 88.9 Å². The highest BCUT2D eigenvalue weighted by atomic mass is 35.5. The minimum atomic E-state index is -4.11. The molecule has 0 fully saturated rings. The monoisotopic (exact) mass is 572 g/mol. The number of hydrogen-bond donors (Lipinski definition) is 1. The molecule has 3 aromatic carbocycles. The number of aromatic nitrogens is 1. The predicted molar refractivity (Wildman–Crippen MR) is 148 cm³/mol. The lowest BCUT2D eigenvalue weighted by Crippen LogP contribution is -2.39. The van der Waals surface area contributed by atoms with E-state index in [0.29, 0.717) is 21.3 Å². The average Bonchev–Trinajstić information content (AvgIpc) is 3.18. The van der Waals surface area contributed by atoms with Gasteiger partial charge in [0.15, 0.2) is 0 Å². The van der Waals surface area contributed by atoms with Gasteiger partial charge in [0, 0.05) is 17.0 Å². The normalized spacial score (nSPS) is 11.6. The van der Waals surface area contributed by atoms with Crippen molar-refractivity contribution in [2.24, 2.45) is 5.10 Å². The predicted octanol–water partition coefficient (Wildman–Crippen LogP) is 5.89. The van der Waals surface area contributed by atoms with Crippen LogP contribution >= 0.6 is 23.2 Å². The van der Waals surface area contributed by atoms with Crippen molar-refractivity contribution in [2.75, 3.05) is 10.8 Å². The van der Waals surface area contributed by atoms with Crippen molar-refractivity contribution < 1.29 is 17.6 Å². The summed E-state index contributed by atoms with van der Waals surface area (Å²) in [5.41, 5.74) is 5.61. The fourth-order valence-corrected chi connectivity index (χ4v) is 5.76. The number of benzene rings is 3. The number of hydrazone groups is 1. The van der Waals surface area contributed by atoms with Gasteiger partial charge in [-0.25, -0.2) is 18.2 Å². The molecule has 0 aliphatic rings. The van der Waals surface area contributed by atoms with Gasteiger partial charge in [-0.2, -0.15) is 5.10 Å². The summed E-state index contributed by atoms with van der Waals surface area (Å²) >= 11 is 12.6. The Morgan fingerprint density at radius 3 is 2.39 bits per heavy atom. The number of halogens is 3. The number of anilines is 1. The van der Waals surface area contributed by atoms with E-state index in [1.807, 2.05) is 30.5 Å². The van der Waals surface area contributed by atoms with E-state index in [1.54, 1.807) is 30.3 Å². The molecule has 0 aliphatic heterocycles. The Morgan fingerprint density at radius 1 is 1.03 bits per heavy atom. The number of nitrogens with zero attached hydrogens (tertiary/aromatic N) is 3. The largest absolute Gasteiger partial charge is 0.316 e. The van der Waals surface area contributed by atoms with E-state index >= 15 is 0 Å². The van der Waals surface area contributed by atoms with Crippen molar-refractivity contribution >= 4 is 51.0 Å². The van der Waals surface area contributed by atoms with Gasteiger partial charge in [0.1, 0.15) is 12.4 Å². The molecular formula is C27H23Cl2FN4O3S. The molecule has 1 N–H and O–H groups in total. The summed E-state index contributed by atoms with van der Waals surface area (Å²) < 4.78 is 42.9. The SMILES string of the molecule is Cc1cc(/C=N\NC(=O)CN(c2ccc(F)cc2)S(=O)(=O)c2ccccc2)c(C)n1-c1cccc(Cl)c1Cl. The minimum absolute atomic E-state index is 0.00672. The lowest BCUT2D eigenvalue weighted by Gasteiger charge is -2.23. The maximum atomic E-state index is 13.5. The Labute approximate surface area is 230 Å². The van der Waals surface area contributed by atoms with Gasteiger partial charge in [0.25, 0.3) is 15.9 Å². The van der Waals surface area contributed by atoms with E-state index < -0.39 is 28.3 Å². The number of sulfonamides is 1. The molecule has 0 saturated carbocycles. The second kappa shape index (κ2) is 11.4. The highest BCUT2D eigenvalue weighted by Crippen LogP contribution is 2.31. The minimum Gasteiger partial charge on any atom is -0.316 e. The van der Waals surface area contributed by atoms with Gasteiger partial charge in [0.05, 0.1) is 32.5 Å². The van der Waals surface area contributed by atoms with E-state index in [9.17, 15) is 17.6 Å². The first-order valence-corrected chi connectivity index (χ1v) is 13.6. The highest BCUT2D eigenvalue weighted by molar-refractivity contribution is 7.92. The third-order valence-corrected chi connectivity index (χ3v) is 8.37. The fraction of sp³-hybridized carbons (Fsp3) is 0.111. The van der Waals surface area contributed by atoms with Crippen LogP contribution in [0.25, 0.3) is 5.69 Å². The number of rotatable bonds is 8. The summed E-state index contributed by atoms with van der Waals surface area (Å²) in [6, 6.07) is 19.7. The summed E-state index contributed by atoms with van der Waals surface area (Å²) in [5.74, 6) is -1.21. The van der Waals surface area contributed by atoms with Crippen molar-refractivity contribution in [3.63, 3.8) is 0 Å². The standard InChI is InChI=1S/C27H23Cl2FN4O3S/c1-18-15-20(19(2)34(18)25-10-6-9-24(28)27(25)29)16-31-32-26(35)17-33(22-13-11-21(30)12-14-22)38(36,37)23-7-4-3-5-8-23/h3-16H,17H2,1-2H3,(H,32,35)/b31-16-. The maximum Gasteiger partial charge on any atom is 0.264 e. The van der Waals surface area contributed by atoms with Crippen LogP contribution in [0.5, 0.6) is 0 Å². The van der Waals surface area contributed by atoms with Crippen molar-refractivity contribution in [3.05, 3.63) is 112 Å². The van der Waals surface area contributed by atoms with Crippen LogP contribution in [0.3, 0.4) is 0 Å². The molecule has 196 valence electrons. The van der Waals surface area contributed by atoms with Crippen LogP contribution in [-0.4, -0.2) is 31.7 Å². The Balaban J connectivity index is 1.56. The first kappa shape index (κ1) is 27.4. The molecule has 0 saturated heterocycles. The zero-order valence-corrected chi connectivity index (χ0v) is 22.7.